The SMILES string of the molecule is C#CCCC(N)C1C2COCC21. The Labute approximate surface area is 73.5 Å². The van der Waals surface area contributed by atoms with E-state index in [2.05, 4.69) is 5.92 Å². The third-order valence-corrected chi connectivity index (χ3v) is 3.13. The molecule has 3 unspecified atom stereocenters. The minimum Gasteiger partial charge on any atom is -0.381 e. The van der Waals surface area contributed by atoms with E-state index < -0.39 is 0 Å². The highest BCUT2D eigenvalue weighted by atomic mass is 16.5. The number of hydrogen-bond acceptors (Lipinski definition) is 2. The van der Waals surface area contributed by atoms with E-state index in [-0.39, 0.29) is 0 Å². The molecule has 1 heterocycles. The lowest BCUT2D eigenvalue weighted by Gasteiger charge is -2.11. The molecule has 2 fully saturated rings. The molecule has 1 saturated carbocycles. The summed E-state index contributed by atoms with van der Waals surface area (Å²) < 4.78 is 5.30. The lowest BCUT2D eigenvalue weighted by molar-refractivity contribution is 0.145. The average Bonchev–Trinajstić information content (AvgIpc) is 2.56. The van der Waals surface area contributed by atoms with E-state index in [9.17, 15) is 0 Å². The molecule has 0 aromatic carbocycles. The van der Waals surface area contributed by atoms with Crippen LogP contribution in [0.25, 0.3) is 0 Å². The van der Waals surface area contributed by atoms with Crippen LogP contribution in [0, 0.1) is 30.1 Å². The number of ether oxygens (including phenoxy) is 1. The van der Waals surface area contributed by atoms with Gasteiger partial charge in [-0.3, -0.25) is 0 Å². The molecule has 1 aliphatic carbocycles. The summed E-state index contributed by atoms with van der Waals surface area (Å²) >= 11 is 0. The van der Waals surface area contributed by atoms with Crippen molar-refractivity contribution in [2.24, 2.45) is 23.5 Å². The highest BCUT2D eigenvalue weighted by Gasteiger charge is 2.55. The fraction of sp³-hybridized carbons (Fsp3) is 0.800. The van der Waals surface area contributed by atoms with Crippen molar-refractivity contribution < 1.29 is 4.74 Å². The predicted molar refractivity (Wildman–Crippen MR) is 47.3 cm³/mol. The van der Waals surface area contributed by atoms with E-state index in [1.807, 2.05) is 0 Å². The first-order valence-electron chi connectivity index (χ1n) is 4.61. The Kier molecular flexibility index (Phi) is 2.08. The molecule has 0 bridgehead atoms. The smallest absolute Gasteiger partial charge is 0.0501 e. The summed E-state index contributed by atoms with van der Waals surface area (Å²) in [6, 6.07) is 0.319. The van der Waals surface area contributed by atoms with Crippen molar-refractivity contribution in [3.8, 4) is 12.3 Å². The van der Waals surface area contributed by atoms with Gasteiger partial charge in [0.2, 0.25) is 0 Å². The molecule has 66 valence electrons. The van der Waals surface area contributed by atoms with Crippen LogP contribution in [0.4, 0.5) is 0 Å². The Morgan fingerprint density at radius 2 is 2.17 bits per heavy atom. The molecule has 2 heteroatoms. The van der Waals surface area contributed by atoms with Gasteiger partial charge >= 0.3 is 0 Å². The molecule has 2 rings (SSSR count). The van der Waals surface area contributed by atoms with E-state index in [0.717, 1.165) is 37.9 Å². The zero-order valence-electron chi connectivity index (χ0n) is 7.20. The molecule has 1 aliphatic heterocycles. The van der Waals surface area contributed by atoms with Gasteiger partial charge in [-0.15, -0.1) is 12.3 Å². The van der Waals surface area contributed by atoms with Gasteiger partial charge in [0.25, 0.3) is 0 Å². The van der Waals surface area contributed by atoms with Crippen LogP contribution in [-0.2, 0) is 4.74 Å². The molecule has 2 N–H and O–H groups in total. The molecule has 0 amide bonds. The van der Waals surface area contributed by atoms with Crippen LogP contribution in [0.5, 0.6) is 0 Å². The summed E-state index contributed by atoms with van der Waals surface area (Å²) in [5, 5.41) is 0. The normalized spacial score (nSPS) is 40.2. The minimum atomic E-state index is 0.319. The standard InChI is InChI=1S/C10H15NO/c1-2-3-4-9(11)10-7-5-12-6-8(7)10/h1,7-10H,3-6,11H2. The molecule has 1 saturated heterocycles. The van der Waals surface area contributed by atoms with Crippen LogP contribution in [0.1, 0.15) is 12.8 Å². The van der Waals surface area contributed by atoms with Gasteiger partial charge in [0.1, 0.15) is 0 Å². The average molecular weight is 165 g/mol. The largest absolute Gasteiger partial charge is 0.381 e. The lowest BCUT2D eigenvalue weighted by Crippen LogP contribution is -2.25. The van der Waals surface area contributed by atoms with Gasteiger partial charge in [-0.25, -0.2) is 0 Å². The molecule has 2 nitrogen and oxygen atoms in total. The van der Waals surface area contributed by atoms with Crippen molar-refractivity contribution in [2.45, 2.75) is 18.9 Å². The van der Waals surface area contributed by atoms with E-state index in [1.54, 1.807) is 0 Å². The van der Waals surface area contributed by atoms with Crippen molar-refractivity contribution in [1.29, 1.82) is 0 Å². The number of terminal acetylenes is 1. The summed E-state index contributed by atoms with van der Waals surface area (Å²) in [7, 11) is 0. The van der Waals surface area contributed by atoms with Crippen LogP contribution < -0.4 is 5.73 Å². The first kappa shape index (κ1) is 8.10. The molecule has 3 atom stereocenters. The van der Waals surface area contributed by atoms with Crippen molar-refractivity contribution >= 4 is 0 Å². The van der Waals surface area contributed by atoms with Gasteiger partial charge in [-0.1, -0.05) is 0 Å². The van der Waals surface area contributed by atoms with E-state index in [1.165, 1.54) is 0 Å². The van der Waals surface area contributed by atoms with Crippen LogP contribution >= 0.6 is 0 Å². The second-order valence-electron chi connectivity index (χ2n) is 3.85. The van der Waals surface area contributed by atoms with Gasteiger partial charge in [0, 0.05) is 12.5 Å². The van der Waals surface area contributed by atoms with Crippen molar-refractivity contribution in [3.63, 3.8) is 0 Å². The Morgan fingerprint density at radius 3 is 2.75 bits per heavy atom. The molecular formula is C10H15NO. The van der Waals surface area contributed by atoms with E-state index in [0.29, 0.717) is 12.0 Å². The summed E-state index contributed by atoms with van der Waals surface area (Å²) in [5.74, 6) is 4.87. The Balaban J connectivity index is 1.77. The van der Waals surface area contributed by atoms with Crippen LogP contribution in [0.3, 0.4) is 0 Å². The zero-order chi connectivity index (χ0) is 8.55. The first-order valence-corrected chi connectivity index (χ1v) is 4.61. The fourth-order valence-corrected chi connectivity index (χ4v) is 2.36. The molecular weight excluding hydrogens is 150 g/mol. The molecule has 0 aromatic rings. The van der Waals surface area contributed by atoms with Crippen LogP contribution in [0.15, 0.2) is 0 Å². The van der Waals surface area contributed by atoms with E-state index >= 15 is 0 Å². The maximum Gasteiger partial charge on any atom is 0.0501 e. The van der Waals surface area contributed by atoms with Crippen molar-refractivity contribution in [2.75, 3.05) is 13.2 Å². The Bertz CT molecular complexity index is 198. The maximum atomic E-state index is 6.00. The third kappa shape index (κ3) is 1.24. The monoisotopic (exact) mass is 165 g/mol. The Hall–Kier alpha value is -0.520. The second kappa shape index (κ2) is 3.08. The summed E-state index contributed by atoms with van der Waals surface area (Å²) in [6.45, 7) is 1.86. The van der Waals surface area contributed by atoms with E-state index in [4.69, 9.17) is 16.9 Å². The van der Waals surface area contributed by atoms with Crippen molar-refractivity contribution in [3.05, 3.63) is 0 Å². The molecule has 2 aliphatic rings. The molecule has 0 radical (unpaired) electrons. The summed E-state index contributed by atoms with van der Waals surface area (Å²) in [5.41, 5.74) is 6.00. The van der Waals surface area contributed by atoms with Crippen LogP contribution in [0.2, 0.25) is 0 Å². The highest BCUT2D eigenvalue weighted by molar-refractivity contribution is 5.05. The zero-order valence-corrected chi connectivity index (χ0v) is 7.20. The molecule has 0 spiro atoms. The lowest BCUT2D eigenvalue weighted by atomic mass is 10.1. The number of nitrogens with two attached hydrogens (primary N) is 1. The quantitative estimate of drug-likeness (QED) is 0.622. The number of hydrogen-bond donors (Lipinski definition) is 1. The van der Waals surface area contributed by atoms with Crippen molar-refractivity contribution in [1.82, 2.24) is 0 Å². The Morgan fingerprint density at radius 1 is 1.50 bits per heavy atom. The summed E-state index contributed by atoms with van der Waals surface area (Å²) in [6.07, 6.45) is 6.98. The van der Waals surface area contributed by atoms with Gasteiger partial charge in [0.05, 0.1) is 13.2 Å². The van der Waals surface area contributed by atoms with Crippen LogP contribution in [-0.4, -0.2) is 19.3 Å². The summed E-state index contributed by atoms with van der Waals surface area (Å²) in [4.78, 5) is 0. The predicted octanol–water partition coefficient (Wildman–Crippen LogP) is 0.620. The fourth-order valence-electron chi connectivity index (χ4n) is 2.36. The second-order valence-corrected chi connectivity index (χ2v) is 3.85. The third-order valence-electron chi connectivity index (χ3n) is 3.13. The molecule has 12 heavy (non-hydrogen) atoms. The van der Waals surface area contributed by atoms with Gasteiger partial charge < -0.3 is 10.5 Å². The first-order chi connectivity index (χ1) is 5.84. The highest BCUT2D eigenvalue weighted by Crippen LogP contribution is 2.52. The minimum absolute atomic E-state index is 0.319. The molecule has 0 aromatic heterocycles. The maximum absolute atomic E-state index is 6.00. The number of fused-ring (bicyclic) bond motifs is 1. The van der Waals surface area contributed by atoms with Gasteiger partial charge in [-0.05, 0) is 24.2 Å². The topological polar surface area (TPSA) is 35.2 Å². The van der Waals surface area contributed by atoms with Gasteiger partial charge in [-0.2, -0.15) is 0 Å². The number of rotatable bonds is 3. The van der Waals surface area contributed by atoms with Gasteiger partial charge in [0.15, 0.2) is 0 Å².